The van der Waals surface area contributed by atoms with Crippen LogP contribution in [-0.4, -0.2) is 30.3 Å². The molecule has 0 bridgehead atoms. The first-order valence-electron chi connectivity index (χ1n) is 8.03. The highest BCUT2D eigenvalue weighted by atomic mass is 28.5. The van der Waals surface area contributed by atoms with Crippen LogP contribution in [-0.2, 0) is 13.0 Å². The summed E-state index contributed by atoms with van der Waals surface area (Å²) in [6, 6.07) is 0. The van der Waals surface area contributed by atoms with Gasteiger partial charge in [0.25, 0.3) is 0 Å². The Morgan fingerprint density at radius 3 is 1.43 bits per heavy atom. The van der Waals surface area contributed by atoms with Gasteiger partial charge in [0.2, 0.25) is 0 Å². The van der Waals surface area contributed by atoms with Gasteiger partial charge in [-0.1, -0.05) is 12.2 Å². The number of unbranched alkanes of at least 4 members (excludes halogenated alkanes) is 4. The molecule has 0 saturated heterocycles. The third-order valence-corrected chi connectivity index (χ3v) is 8.73. The average Bonchev–Trinajstić information content (AvgIpc) is 2.36. The van der Waals surface area contributed by atoms with Gasteiger partial charge in [-0.25, -0.2) is 0 Å². The molecule has 0 atom stereocenters. The summed E-state index contributed by atoms with van der Waals surface area (Å²) in [6.45, 7) is 17.4. The van der Waals surface area contributed by atoms with E-state index in [2.05, 4.69) is 39.3 Å². The molecule has 21 heavy (non-hydrogen) atoms. The molecular formula is C16H34O3Si2. The van der Waals surface area contributed by atoms with Crippen molar-refractivity contribution in [1.29, 1.82) is 0 Å². The molecule has 3 nitrogen and oxygen atoms in total. The van der Waals surface area contributed by atoms with Gasteiger partial charge in [0.1, 0.15) is 0 Å². The molecule has 0 fully saturated rings. The van der Waals surface area contributed by atoms with Gasteiger partial charge in [0, 0.05) is 13.2 Å². The predicted molar refractivity (Wildman–Crippen MR) is 96.0 cm³/mol. The van der Waals surface area contributed by atoms with Crippen LogP contribution >= 0.6 is 0 Å². The Bertz CT molecular complexity index is 263. The van der Waals surface area contributed by atoms with Gasteiger partial charge in [-0.15, -0.1) is 13.2 Å². The molecule has 0 radical (unpaired) electrons. The zero-order valence-corrected chi connectivity index (χ0v) is 16.5. The van der Waals surface area contributed by atoms with Gasteiger partial charge >= 0.3 is 17.1 Å². The monoisotopic (exact) mass is 330 g/mol. The largest absolute Gasteiger partial charge is 0.415 e. The highest BCUT2D eigenvalue weighted by Gasteiger charge is 2.36. The normalized spacial score (nSPS) is 12.4. The maximum absolute atomic E-state index is 6.23. The molecule has 5 heteroatoms. The van der Waals surface area contributed by atoms with Crippen LogP contribution in [0.3, 0.4) is 0 Å². The van der Waals surface area contributed by atoms with Crippen LogP contribution in [0.1, 0.15) is 38.5 Å². The Labute approximate surface area is 133 Å². The van der Waals surface area contributed by atoms with E-state index in [0.29, 0.717) is 0 Å². The quantitative estimate of drug-likeness (QED) is 0.250. The highest BCUT2D eigenvalue weighted by Crippen LogP contribution is 2.18. The van der Waals surface area contributed by atoms with E-state index in [1.165, 1.54) is 0 Å². The van der Waals surface area contributed by atoms with E-state index in [1.807, 2.05) is 12.2 Å². The number of hydrogen-bond donors (Lipinski definition) is 0. The summed E-state index contributed by atoms with van der Waals surface area (Å²) >= 11 is 0. The molecule has 0 aromatic rings. The number of rotatable bonds is 14. The van der Waals surface area contributed by atoms with Crippen molar-refractivity contribution >= 4 is 17.1 Å². The molecule has 0 saturated carbocycles. The van der Waals surface area contributed by atoms with Crippen LogP contribution in [0.5, 0.6) is 0 Å². The maximum atomic E-state index is 6.23. The Balaban J connectivity index is 3.92. The maximum Gasteiger partial charge on any atom is 0.322 e. The van der Waals surface area contributed by atoms with E-state index in [9.17, 15) is 0 Å². The Kier molecular flexibility index (Phi) is 11.3. The minimum atomic E-state index is -2.08. The Hall–Kier alpha value is -0.206. The second-order valence-electron chi connectivity index (χ2n) is 6.17. The average molecular weight is 331 g/mol. The summed E-state index contributed by atoms with van der Waals surface area (Å²) < 4.78 is 18.2. The van der Waals surface area contributed by atoms with E-state index in [4.69, 9.17) is 13.0 Å². The lowest BCUT2D eigenvalue weighted by Crippen LogP contribution is -2.48. The first kappa shape index (κ1) is 20.8. The topological polar surface area (TPSA) is 27.7 Å². The van der Waals surface area contributed by atoms with E-state index in [1.54, 1.807) is 0 Å². The minimum Gasteiger partial charge on any atom is -0.415 e. The highest BCUT2D eigenvalue weighted by molar-refractivity contribution is 6.78. The van der Waals surface area contributed by atoms with E-state index >= 15 is 0 Å². The molecular weight excluding hydrogens is 296 g/mol. The summed E-state index contributed by atoms with van der Waals surface area (Å²) in [5.41, 5.74) is 0. The van der Waals surface area contributed by atoms with E-state index in [-0.39, 0.29) is 0 Å². The Morgan fingerprint density at radius 1 is 0.714 bits per heavy atom. The van der Waals surface area contributed by atoms with Crippen LogP contribution in [0.2, 0.25) is 26.2 Å². The molecule has 0 amide bonds. The summed E-state index contributed by atoms with van der Waals surface area (Å²) in [5.74, 6) is 0. The SMILES string of the molecule is C=CCCCCO[Si](C)(C)O[Si](C)(C)OCCCCC=C. The zero-order valence-electron chi connectivity index (χ0n) is 14.5. The van der Waals surface area contributed by atoms with Crippen LogP contribution < -0.4 is 0 Å². The van der Waals surface area contributed by atoms with Gasteiger partial charge in [0.05, 0.1) is 0 Å². The zero-order chi connectivity index (χ0) is 16.2. The number of hydrogen-bond acceptors (Lipinski definition) is 3. The van der Waals surface area contributed by atoms with Gasteiger partial charge in [-0.05, 0) is 64.7 Å². The summed E-state index contributed by atoms with van der Waals surface area (Å²) in [5, 5.41) is 0. The number of allylic oxidation sites excluding steroid dienone is 2. The Morgan fingerprint density at radius 2 is 1.10 bits per heavy atom. The third-order valence-electron chi connectivity index (χ3n) is 3.00. The second-order valence-corrected chi connectivity index (χ2v) is 13.2. The molecule has 0 N–H and O–H groups in total. The molecule has 0 rings (SSSR count). The molecule has 0 unspecified atom stereocenters. The molecule has 0 aliphatic carbocycles. The first-order chi connectivity index (χ1) is 9.83. The fourth-order valence-electron chi connectivity index (χ4n) is 2.07. The van der Waals surface area contributed by atoms with Crippen molar-refractivity contribution in [1.82, 2.24) is 0 Å². The fraction of sp³-hybridized carbons (Fsp3) is 0.750. The molecule has 0 heterocycles. The third kappa shape index (κ3) is 13.2. The van der Waals surface area contributed by atoms with Crippen molar-refractivity contribution in [2.45, 2.75) is 64.7 Å². The summed E-state index contributed by atoms with van der Waals surface area (Å²) in [4.78, 5) is 0. The van der Waals surface area contributed by atoms with Crippen LogP contribution in [0.25, 0.3) is 0 Å². The van der Waals surface area contributed by atoms with Crippen molar-refractivity contribution in [2.75, 3.05) is 13.2 Å². The molecule has 0 aliphatic rings. The molecule has 0 aromatic carbocycles. The van der Waals surface area contributed by atoms with Crippen molar-refractivity contribution < 1.29 is 13.0 Å². The molecule has 0 aromatic heterocycles. The standard InChI is InChI=1S/C16H34O3Si2/c1-7-9-11-13-15-17-20(3,4)19-21(5,6)18-16-14-12-10-8-2/h7-8H,1-2,9-16H2,3-6H3. The molecule has 0 aliphatic heterocycles. The minimum absolute atomic E-state index is 0.775. The lowest BCUT2D eigenvalue weighted by Gasteiger charge is -2.32. The molecule has 124 valence electrons. The van der Waals surface area contributed by atoms with Crippen LogP contribution in [0.15, 0.2) is 25.3 Å². The van der Waals surface area contributed by atoms with E-state index < -0.39 is 17.1 Å². The van der Waals surface area contributed by atoms with Gasteiger partial charge in [-0.3, -0.25) is 0 Å². The first-order valence-corrected chi connectivity index (χ1v) is 13.7. The van der Waals surface area contributed by atoms with Crippen molar-refractivity contribution in [3.05, 3.63) is 25.3 Å². The fourth-order valence-corrected chi connectivity index (χ4v) is 8.55. The van der Waals surface area contributed by atoms with Crippen LogP contribution in [0, 0.1) is 0 Å². The predicted octanol–water partition coefficient (Wildman–Crippen LogP) is 5.15. The van der Waals surface area contributed by atoms with Gasteiger partial charge in [0.15, 0.2) is 0 Å². The van der Waals surface area contributed by atoms with E-state index in [0.717, 1.165) is 51.7 Å². The summed E-state index contributed by atoms with van der Waals surface area (Å²) in [6.07, 6.45) is 10.4. The summed E-state index contributed by atoms with van der Waals surface area (Å²) in [7, 11) is -4.16. The lowest BCUT2D eigenvalue weighted by molar-refractivity contribution is 0.191. The van der Waals surface area contributed by atoms with Gasteiger partial charge in [-0.2, -0.15) is 0 Å². The van der Waals surface area contributed by atoms with Crippen molar-refractivity contribution in [2.24, 2.45) is 0 Å². The lowest BCUT2D eigenvalue weighted by atomic mass is 10.2. The molecule has 0 spiro atoms. The second kappa shape index (κ2) is 11.4. The van der Waals surface area contributed by atoms with Crippen LogP contribution in [0.4, 0.5) is 0 Å². The van der Waals surface area contributed by atoms with Crippen molar-refractivity contribution in [3.8, 4) is 0 Å². The smallest absolute Gasteiger partial charge is 0.322 e. The van der Waals surface area contributed by atoms with Crippen molar-refractivity contribution in [3.63, 3.8) is 0 Å². The van der Waals surface area contributed by atoms with Gasteiger partial charge < -0.3 is 13.0 Å².